The van der Waals surface area contributed by atoms with Crippen molar-refractivity contribution in [3.8, 4) is 0 Å². The number of hydrogen-bond donors (Lipinski definition) is 0. The Bertz CT molecular complexity index is 172. The fraction of sp³-hybridized carbons (Fsp3) is 0.667. The average Bonchev–Trinajstić information content (AvgIpc) is 1.83. The smallest absolute Gasteiger partial charge is 0.302 e. The molecule has 0 N–H and O–H groups in total. The lowest BCUT2D eigenvalue weighted by Crippen LogP contribution is -1.97. The van der Waals surface area contributed by atoms with Gasteiger partial charge in [-0.2, -0.15) is 0 Å². The Morgan fingerprint density at radius 2 is 1.38 bits per heavy atom. The standard InChI is InChI=1S/C5H8O2.C4H8O2/c1-4(6)3-5(2)7;1-3-6-4(2)5/h3H2,1-2H3;3H2,1-2H3. The van der Waals surface area contributed by atoms with Crippen LogP contribution in [0.4, 0.5) is 0 Å². The molecule has 0 aliphatic carbocycles. The number of rotatable bonds is 3. The summed E-state index contributed by atoms with van der Waals surface area (Å²) < 4.78 is 4.40. The highest BCUT2D eigenvalue weighted by Crippen LogP contribution is 1.80. The SMILES string of the molecule is CC(=O)CC(C)=O.CCOC(C)=O. The number of hydrogen-bond acceptors (Lipinski definition) is 4. The molecule has 0 aromatic carbocycles. The van der Waals surface area contributed by atoms with Crippen molar-refractivity contribution in [2.75, 3.05) is 6.61 Å². The molecule has 0 saturated carbocycles. The zero-order valence-corrected chi connectivity index (χ0v) is 8.55. The van der Waals surface area contributed by atoms with E-state index in [9.17, 15) is 14.4 Å². The van der Waals surface area contributed by atoms with E-state index in [1.54, 1.807) is 6.92 Å². The lowest BCUT2D eigenvalue weighted by Gasteiger charge is -1.89. The van der Waals surface area contributed by atoms with Crippen molar-refractivity contribution in [1.82, 2.24) is 0 Å². The Kier molecular flexibility index (Phi) is 9.82. The van der Waals surface area contributed by atoms with Gasteiger partial charge in [0.2, 0.25) is 0 Å². The first-order chi connectivity index (χ1) is 5.90. The molecule has 0 atom stereocenters. The summed E-state index contributed by atoms with van der Waals surface area (Å²) in [5.41, 5.74) is 0. The first-order valence-electron chi connectivity index (χ1n) is 4.02. The third kappa shape index (κ3) is 24.9. The van der Waals surface area contributed by atoms with E-state index in [-0.39, 0.29) is 24.0 Å². The summed E-state index contributed by atoms with van der Waals surface area (Å²) in [6, 6.07) is 0. The van der Waals surface area contributed by atoms with E-state index in [0.29, 0.717) is 6.61 Å². The van der Waals surface area contributed by atoms with Crippen LogP contribution in [0.1, 0.15) is 34.1 Å². The molecule has 0 heterocycles. The van der Waals surface area contributed by atoms with E-state index in [1.807, 2.05) is 0 Å². The summed E-state index contributed by atoms with van der Waals surface area (Å²) in [5, 5.41) is 0. The highest BCUT2D eigenvalue weighted by molar-refractivity contribution is 5.96. The molecule has 0 unspecified atom stereocenters. The Balaban J connectivity index is 0. The minimum absolute atomic E-state index is 0.0625. The van der Waals surface area contributed by atoms with E-state index >= 15 is 0 Å². The highest BCUT2D eigenvalue weighted by Gasteiger charge is 1.94. The van der Waals surface area contributed by atoms with Crippen LogP contribution in [-0.2, 0) is 19.1 Å². The molecule has 0 saturated heterocycles. The van der Waals surface area contributed by atoms with Crippen molar-refractivity contribution >= 4 is 17.5 Å². The van der Waals surface area contributed by atoms with Gasteiger partial charge in [0.1, 0.15) is 11.6 Å². The number of carbonyl (C=O) groups is 3. The molecule has 0 fully saturated rings. The van der Waals surface area contributed by atoms with E-state index in [2.05, 4.69) is 4.74 Å². The lowest BCUT2D eigenvalue weighted by molar-refractivity contribution is -0.140. The summed E-state index contributed by atoms with van der Waals surface area (Å²) in [6.07, 6.45) is 0.0833. The highest BCUT2D eigenvalue weighted by atomic mass is 16.5. The fourth-order valence-electron chi connectivity index (χ4n) is 0.554. The minimum Gasteiger partial charge on any atom is -0.466 e. The molecule has 0 aromatic rings. The molecule has 0 aliphatic heterocycles. The molecule has 0 aromatic heterocycles. The van der Waals surface area contributed by atoms with Crippen molar-refractivity contribution < 1.29 is 19.1 Å². The van der Waals surface area contributed by atoms with Gasteiger partial charge >= 0.3 is 5.97 Å². The maximum absolute atomic E-state index is 10.0. The summed E-state index contributed by atoms with van der Waals surface area (Å²) in [4.78, 5) is 29.9. The zero-order valence-electron chi connectivity index (χ0n) is 8.55. The van der Waals surface area contributed by atoms with Gasteiger partial charge in [0.15, 0.2) is 0 Å². The topological polar surface area (TPSA) is 60.4 Å². The number of esters is 1. The molecular formula is C9H16O4. The lowest BCUT2D eigenvalue weighted by atomic mass is 10.2. The second-order valence-corrected chi connectivity index (χ2v) is 2.51. The number of Topliss-reactive ketones (excluding diaryl/α,β-unsaturated/α-hetero) is 2. The number of ether oxygens (including phenoxy) is 1. The summed E-state index contributed by atoms with van der Waals surface area (Å²) >= 11 is 0. The molecular weight excluding hydrogens is 172 g/mol. The van der Waals surface area contributed by atoms with Crippen molar-refractivity contribution in [1.29, 1.82) is 0 Å². The molecule has 0 radical (unpaired) electrons. The van der Waals surface area contributed by atoms with Crippen molar-refractivity contribution in [3.63, 3.8) is 0 Å². The average molecular weight is 188 g/mol. The first-order valence-corrected chi connectivity index (χ1v) is 4.02. The fourth-order valence-corrected chi connectivity index (χ4v) is 0.554. The largest absolute Gasteiger partial charge is 0.466 e. The van der Waals surface area contributed by atoms with Crippen LogP contribution in [0.3, 0.4) is 0 Å². The third-order valence-corrected chi connectivity index (χ3v) is 0.845. The quantitative estimate of drug-likeness (QED) is 0.492. The van der Waals surface area contributed by atoms with Crippen LogP contribution >= 0.6 is 0 Å². The van der Waals surface area contributed by atoms with Gasteiger partial charge in [-0.05, 0) is 20.8 Å². The van der Waals surface area contributed by atoms with Crippen LogP contribution in [0.5, 0.6) is 0 Å². The zero-order chi connectivity index (χ0) is 10.9. The molecule has 13 heavy (non-hydrogen) atoms. The molecule has 4 nitrogen and oxygen atoms in total. The number of ketones is 2. The summed E-state index contributed by atoms with van der Waals surface area (Å²) in [7, 11) is 0. The van der Waals surface area contributed by atoms with Gasteiger partial charge in [-0.3, -0.25) is 14.4 Å². The van der Waals surface area contributed by atoms with Crippen molar-refractivity contribution in [3.05, 3.63) is 0 Å². The first kappa shape index (κ1) is 14.3. The van der Waals surface area contributed by atoms with Gasteiger partial charge in [0.25, 0.3) is 0 Å². The molecule has 0 amide bonds. The molecule has 0 aliphatic rings. The van der Waals surface area contributed by atoms with Gasteiger partial charge in [-0.15, -0.1) is 0 Å². The van der Waals surface area contributed by atoms with Crippen molar-refractivity contribution in [2.45, 2.75) is 34.1 Å². The van der Waals surface area contributed by atoms with Crippen molar-refractivity contribution in [2.24, 2.45) is 0 Å². The van der Waals surface area contributed by atoms with Crippen LogP contribution < -0.4 is 0 Å². The maximum Gasteiger partial charge on any atom is 0.302 e. The van der Waals surface area contributed by atoms with Crippen LogP contribution in [0.25, 0.3) is 0 Å². The van der Waals surface area contributed by atoms with Gasteiger partial charge < -0.3 is 4.74 Å². The van der Waals surface area contributed by atoms with E-state index < -0.39 is 0 Å². The monoisotopic (exact) mass is 188 g/mol. The maximum atomic E-state index is 10.0. The second kappa shape index (κ2) is 8.90. The predicted molar refractivity (Wildman–Crippen MR) is 48.3 cm³/mol. The van der Waals surface area contributed by atoms with Gasteiger partial charge in [-0.25, -0.2) is 0 Å². The second-order valence-electron chi connectivity index (χ2n) is 2.51. The van der Waals surface area contributed by atoms with E-state index in [1.165, 1.54) is 20.8 Å². The number of carbonyl (C=O) groups excluding carboxylic acids is 3. The van der Waals surface area contributed by atoms with Crippen LogP contribution in [0.15, 0.2) is 0 Å². The third-order valence-electron chi connectivity index (χ3n) is 0.845. The molecule has 0 rings (SSSR count). The molecule has 4 heteroatoms. The minimum atomic E-state index is -0.211. The van der Waals surface area contributed by atoms with Gasteiger partial charge in [-0.1, -0.05) is 0 Å². The van der Waals surface area contributed by atoms with E-state index in [0.717, 1.165) is 0 Å². The van der Waals surface area contributed by atoms with Gasteiger partial charge in [0.05, 0.1) is 13.0 Å². The molecule has 0 bridgehead atoms. The Morgan fingerprint density at radius 1 is 1.00 bits per heavy atom. The Morgan fingerprint density at radius 3 is 1.38 bits per heavy atom. The summed E-state index contributed by atoms with van der Waals surface area (Å²) in [6.45, 7) is 6.46. The normalized spacial score (nSPS) is 8.00. The van der Waals surface area contributed by atoms with Crippen LogP contribution in [-0.4, -0.2) is 24.1 Å². The van der Waals surface area contributed by atoms with Crippen LogP contribution in [0.2, 0.25) is 0 Å². The van der Waals surface area contributed by atoms with E-state index in [4.69, 9.17) is 0 Å². The van der Waals surface area contributed by atoms with Gasteiger partial charge in [0, 0.05) is 6.92 Å². The Labute approximate surface area is 78.3 Å². The van der Waals surface area contributed by atoms with Crippen LogP contribution in [0, 0.1) is 0 Å². The molecule has 76 valence electrons. The predicted octanol–water partition coefficient (Wildman–Crippen LogP) is 1.12. The summed E-state index contributed by atoms with van der Waals surface area (Å²) in [5.74, 6) is -0.336. The Hall–Kier alpha value is -1.19. The molecule has 0 spiro atoms.